The number of hydrogen-bond acceptors (Lipinski definition) is 6. The molecule has 6 heteroatoms. The van der Waals surface area contributed by atoms with Crippen LogP contribution in [0.1, 0.15) is 62.0 Å². The van der Waals surface area contributed by atoms with Gasteiger partial charge in [0, 0.05) is 18.3 Å². The van der Waals surface area contributed by atoms with E-state index in [4.69, 9.17) is 9.47 Å². The van der Waals surface area contributed by atoms with Crippen LogP contribution in [0.5, 0.6) is 0 Å². The van der Waals surface area contributed by atoms with Crippen molar-refractivity contribution in [3.05, 3.63) is 131 Å². The standard InChI is InChI=1S/C30H26N2O4/c1-19-11-3-4-12-21(19)26-23-14-6-5-13-22(23)20(2)27(35-29(33)24-15-7-9-17-31-24)28(26)36-30(34)25-16-8-10-18-32-25/h3-18,20,26-28H,1-2H3/t20-,26-,27?,28?/m0/s1. The van der Waals surface area contributed by atoms with Crippen LogP contribution in [0.3, 0.4) is 0 Å². The van der Waals surface area contributed by atoms with Crippen molar-refractivity contribution in [1.29, 1.82) is 0 Å². The fraction of sp³-hybridized carbons (Fsp3) is 0.200. The molecule has 0 saturated heterocycles. The van der Waals surface area contributed by atoms with Crippen molar-refractivity contribution in [2.24, 2.45) is 0 Å². The Morgan fingerprint density at radius 2 is 1.14 bits per heavy atom. The zero-order valence-corrected chi connectivity index (χ0v) is 20.1. The van der Waals surface area contributed by atoms with Gasteiger partial charge in [0.1, 0.15) is 17.5 Å². The van der Waals surface area contributed by atoms with Crippen LogP contribution in [0.2, 0.25) is 0 Å². The molecule has 0 bridgehead atoms. The third-order valence-electron chi connectivity index (χ3n) is 6.72. The second-order valence-corrected chi connectivity index (χ2v) is 8.92. The minimum atomic E-state index is -0.779. The van der Waals surface area contributed by atoms with Gasteiger partial charge in [-0.05, 0) is 53.4 Å². The second-order valence-electron chi connectivity index (χ2n) is 8.92. The molecule has 1 aliphatic rings. The number of benzene rings is 2. The van der Waals surface area contributed by atoms with Gasteiger partial charge < -0.3 is 9.47 Å². The lowest BCUT2D eigenvalue weighted by atomic mass is 9.70. The molecule has 0 radical (unpaired) electrons. The normalized spacial score (nSPS) is 20.7. The van der Waals surface area contributed by atoms with E-state index in [9.17, 15) is 9.59 Å². The lowest BCUT2D eigenvalue weighted by molar-refractivity contribution is -0.0537. The number of nitrogens with zero attached hydrogens (tertiary/aromatic N) is 2. The Hall–Kier alpha value is -4.32. The lowest BCUT2D eigenvalue weighted by Gasteiger charge is -2.42. The topological polar surface area (TPSA) is 78.4 Å². The average molecular weight is 479 g/mol. The number of fused-ring (bicyclic) bond motifs is 1. The van der Waals surface area contributed by atoms with Crippen molar-refractivity contribution in [1.82, 2.24) is 9.97 Å². The predicted octanol–water partition coefficient (Wildman–Crippen LogP) is 5.49. The van der Waals surface area contributed by atoms with Crippen molar-refractivity contribution in [2.75, 3.05) is 0 Å². The lowest BCUT2D eigenvalue weighted by Crippen LogP contribution is -2.47. The summed E-state index contributed by atoms with van der Waals surface area (Å²) in [4.78, 5) is 34.7. The molecule has 2 unspecified atom stereocenters. The van der Waals surface area contributed by atoms with Gasteiger partial charge in [0.25, 0.3) is 0 Å². The summed E-state index contributed by atoms with van der Waals surface area (Å²) in [6.45, 7) is 4.02. The summed E-state index contributed by atoms with van der Waals surface area (Å²) in [5.41, 5.74) is 4.56. The van der Waals surface area contributed by atoms with E-state index in [0.29, 0.717) is 0 Å². The third kappa shape index (κ3) is 4.50. The van der Waals surface area contributed by atoms with Crippen LogP contribution in [-0.2, 0) is 9.47 Å². The van der Waals surface area contributed by atoms with E-state index in [2.05, 4.69) is 16.0 Å². The van der Waals surface area contributed by atoms with E-state index in [0.717, 1.165) is 22.3 Å². The van der Waals surface area contributed by atoms with Crippen LogP contribution in [0.15, 0.2) is 97.3 Å². The Kier molecular flexibility index (Phi) is 6.58. The van der Waals surface area contributed by atoms with Gasteiger partial charge in [-0.25, -0.2) is 19.6 Å². The van der Waals surface area contributed by atoms with Crippen molar-refractivity contribution < 1.29 is 19.1 Å². The smallest absolute Gasteiger partial charge is 0.357 e. The number of esters is 2. The molecule has 0 amide bonds. The van der Waals surface area contributed by atoms with Gasteiger partial charge in [0.2, 0.25) is 0 Å². The molecule has 1 aliphatic carbocycles. The minimum absolute atomic E-state index is 0.197. The van der Waals surface area contributed by atoms with Gasteiger partial charge in [-0.2, -0.15) is 0 Å². The molecular weight excluding hydrogens is 452 g/mol. The molecule has 0 aliphatic heterocycles. The summed E-state index contributed by atoms with van der Waals surface area (Å²) in [5, 5.41) is 0. The number of rotatable bonds is 5. The number of hydrogen-bond donors (Lipinski definition) is 0. The van der Waals surface area contributed by atoms with Gasteiger partial charge >= 0.3 is 11.9 Å². The van der Waals surface area contributed by atoms with Crippen LogP contribution in [0, 0.1) is 6.92 Å². The van der Waals surface area contributed by atoms with E-state index >= 15 is 0 Å². The number of ether oxygens (including phenoxy) is 2. The van der Waals surface area contributed by atoms with E-state index in [1.165, 1.54) is 0 Å². The number of carbonyl (C=O) groups excluding carboxylic acids is 2. The molecule has 5 rings (SSSR count). The van der Waals surface area contributed by atoms with Gasteiger partial charge in [-0.1, -0.05) is 67.6 Å². The second kappa shape index (κ2) is 10.1. The maximum atomic E-state index is 13.3. The molecule has 4 aromatic rings. The van der Waals surface area contributed by atoms with Gasteiger partial charge in [0.05, 0.1) is 5.92 Å². The third-order valence-corrected chi connectivity index (χ3v) is 6.72. The molecular formula is C30H26N2O4. The molecule has 2 heterocycles. The largest absolute Gasteiger partial charge is 0.453 e. The first kappa shape index (κ1) is 23.4. The van der Waals surface area contributed by atoms with Crippen molar-refractivity contribution in [3.63, 3.8) is 0 Å². The Balaban J connectivity index is 1.62. The molecule has 180 valence electrons. The molecule has 2 aromatic heterocycles. The minimum Gasteiger partial charge on any atom is -0.453 e. The Morgan fingerprint density at radius 1 is 0.639 bits per heavy atom. The summed E-state index contributed by atoms with van der Waals surface area (Å²) in [6.07, 6.45) is 1.57. The molecule has 0 spiro atoms. The number of pyridine rings is 2. The molecule has 6 nitrogen and oxygen atoms in total. The highest BCUT2D eigenvalue weighted by Gasteiger charge is 2.47. The zero-order valence-electron chi connectivity index (χ0n) is 20.1. The van der Waals surface area contributed by atoms with Crippen molar-refractivity contribution in [3.8, 4) is 0 Å². The maximum absolute atomic E-state index is 13.3. The van der Waals surface area contributed by atoms with E-state index in [1.54, 1.807) is 48.8 Å². The van der Waals surface area contributed by atoms with Crippen molar-refractivity contribution in [2.45, 2.75) is 37.9 Å². The summed E-state index contributed by atoms with van der Waals surface area (Å²) in [7, 11) is 0. The van der Waals surface area contributed by atoms with Crippen LogP contribution in [0.25, 0.3) is 0 Å². The predicted molar refractivity (Wildman–Crippen MR) is 135 cm³/mol. The fourth-order valence-electron chi connectivity index (χ4n) is 4.96. The first-order valence-electron chi connectivity index (χ1n) is 11.9. The van der Waals surface area contributed by atoms with Gasteiger partial charge in [-0.3, -0.25) is 0 Å². The highest BCUT2D eigenvalue weighted by Crippen LogP contribution is 2.46. The summed E-state index contributed by atoms with van der Waals surface area (Å²) in [5.74, 6) is -1.69. The number of carbonyl (C=O) groups is 2. The summed E-state index contributed by atoms with van der Waals surface area (Å²) >= 11 is 0. The van der Waals surface area contributed by atoms with E-state index in [1.807, 2.05) is 56.3 Å². The Bertz CT molecular complexity index is 1370. The first-order valence-corrected chi connectivity index (χ1v) is 11.9. The monoisotopic (exact) mass is 478 g/mol. The first-order chi connectivity index (χ1) is 17.5. The number of aromatic nitrogens is 2. The molecule has 36 heavy (non-hydrogen) atoms. The highest BCUT2D eigenvalue weighted by molar-refractivity contribution is 5.88. The zero-order chi connectivity index (χ0) is 25.1. The van der Waals surface area contributed by atoms with Crippen LogP contribution >= 0.6 is 0 Å². The summed E-state index contributed by atoms with van der Waals surface area (Å²) in [6, 6.07) is 26.2. The van der Waals surface area contributed by atoms with Crippen LogP contribution in [-0.4, -0.2) is 34.1 Å². The number of aryl methyl sites for hydroxylation is 1. The van der Waals surface area contributed by atoms with Gasteiger partial charge in [0.15, 0.2) is 6.10 Å². The Morgan fingerprint density at radius 3 is 1.69 bits per heavy atom. The molecule has 0 fully saturated rings. The molecule has 4 atom stereocenters. The SMILES string of the molecule is Cc1ccccc1[C@H]1c2ccccc2[C@H](C)C(OC(=O)c2ccccn2)C1OC(=O)c1ccccn1. The quantitative estimate of drug-likeness (QED) is 0.353. The maximum Gasteiger partial charge on any atom is 0.357 e. The van der Waals surface area contributed by atoms with Crippen molar-refractivity contribution >= 4 is 11.9 Å². The van der Waals surface area contributed by atoms with E-state index < -0.39 is 24.1 Å². The highest BCUT2D eigenvalue weighted by atomic mass is 16.6. The average Bonchev–Trinajstić information content (AvgIpc) is 2.92. The summed E-state index contributed by atoms with van der Waals surface area (Å²) < 4.78 is 12.3. The molecule has 0 saturated carbocycles. The molecule has 2 aromatic carbocycles. The van der Waals surface area contributed by atoms with Gasteiger partial charge in [-0.15, -0.1) is 0 Å². The Labute approximate surface area is 210 Å². The fourth-order valence-corrected chi connectivity index (χ4v) is 4.96. The van der Waals surface area contributed by atoms with Crippen LogP contribution in [0.4, 0.5) is 0 Å². The van der Waals surface area contributed by atoms with E-state index in [-0.39, 0.29) is 23.2 Å². The molecule has 0 N–H and O–H groups in total. The van der Waals surface area contributed by atoms with Crippen LogP contribution < -0.4 is 0 Å².